The third kappa shape index (κ3) is 1.64. The summed E-state index contributed by atoms with van der Waals surface area (Å²) in [6.07, 6.45) is 1.02. The molecule has 0 saturated heterocycles. The van der Waals surface area contributed by atoms with Gasteiger partial charge in [-0.05, 0) is 36.1 Å². The first kappa shape index (κ1) is 11.3. The minimum absolute atomic E-state index is 0.144. The van der Waals surface area contributed by atoms with Crippen molar-refractivity contribution < 1.29 is 4.42 Å². The average Bonchev–Trinajstić information content (AvgIpc) is 2.67. The zero-order valence-corrected chi connectivity index (χ0v) is 11.6. The number of rotatable bonds is 1. The summed E-state index contributed by atoms with van der Waals surface area (Å²) in [6.45, 7) is 4.43. The predicted octanol–water partition coefficient (Wildman–Crippen LogP) is 4.04. The summed E-state index contributed by atoms with van der Waals surface area (Å²) in [5, 5.41) is 1.16. The summed E-state index contributed by atoms with van der Waals surface area (Å²) in [5.74, 6) is 1.52. The second-order valence-corrected chi connectivity index (χ2v) is 6.46. The Morgan fingerprint density at radius 1 is 1.35 bits per heavy atom. The maximum Gasteiger partial charge on any atom is 0.134 e. The van der Waals surface area contributed by atoms with Gasteiger partial charge in [-0.3, -0.25) is 0 Å². The summed E-state index contributed by atoms with van der Waals surface area (Å²) in [4.78, 5) is 0. The van der Waals surface area contributed by atoms with E-state index in [1.807, 2.05) is 12.1 Å². The van der Waals surface area contributed by atoms with Crippen molar-refractivity contribution in [3.05, 3.63) is 34.5 Å². The van der Waals surface area contributed by atoms with E-state index in [0.717, 1.165) is 27.6 Å². The van der Waals surface area contributed by atoms with E-state index < -0.39 is 0 Å². The van der Waals surface area contributed by atoms with E-state index in [1.54, 1.807) is 0 Å². The first-order chi connectivity index (χ1) is 7.98. The van der Waals surface area contributed by atoms with Crippen LogP contribution in [0.1, 0.15) is 31.9 Å². The van der Waals surface area contributed by atoms with Gasteiger partial charge in [-0.1, -0.05) is 29.8 Å². The number of hydrogen-bond donors (Lipinski definition) is 1. The molecule has 2 unspecified atom stereocenters. The third-order valence-electron chi connectivity index (χ3n) is 4.18. The van der Waals surface area contributed by atoms with Crippen molar-refractivity contribution in [1.82, 2.24) is 0 Å². The van der Waals surface area contributed by atoms with Gasteiger partial charge in [0.15, 0.2) is 0 Å². The molecule has 0 radical (unpaired) electrons. The van der Waals surface area contributed by atoms with Crippen LogP contribution in [0.25, 0.3) is 11.0 Å². The van der Waals surface area contributed by atoms with Gasteiger partial charge in [-0.25, -0.2) is 0 Å². The van der Waals surface area contributed by atoms with Crippen molar-refractivity contribution in [1.29, 1.82) is 0 Å². The lowest BCUT2D eigenvalue weighted by atomic mass is 9.58. The Hall–Kier alpha value is -0.800. The topological polar surface area (TPSA) is 39.2 Å². The second-order valence-electron chi connectivity index (χ2n) is 5.55. The van der Waals surface area contributed by atoms with Crippen molar-refractivity contribution in [2.45, 2.75) is 32.2 Å². The van der Waals surface area contributed by atoms with Crippen molar-refractivity contribution in [2.24, 2.45) is 11.1 Å². The van der Waals surface area contributed by atoms with Crippen LogP contribution in [0.15, 0.2) is 33.2 Å². The van der Waals surface area contributed by atoms with Crippen LogP contribution >= 0.6 is 15.9 Å². The molecule has 2 nitrogen and oxygen atoms in total. The average molecular weight is 294 g/mol. The lowest BCUT2D eigenvalue weighted by molar-refractivity contribution is 0.0834. The molecule has 1 aromatic heterocycles. The monoisotopic (exact) mass is 293 g/mol. The molecule has 2 aromatic rings. The van der Waals surface area contributed by atoms with Gasteiger partial charge in [0.25, 0.3) is 0 Å². The number of fused-ring (bicyclic) bond motifs is 1. The Labute approximate surface area is 109 Å². The summed E-state index contributed by atoms with van der Waals surface area (Å²) >= 11 is 3.48. The zero-order chi connectivity index (χ0) is 12.2. The van der Waals surface area contributed by atoms with Crippen LogP contribution in [0, 0.1) is 5.41 Å². The molecule has 2 atom stereocenters. The quantitative estimate of drug-likeness (QED) is 0.862. The maximum atomic E-state index is 6.05. The predicted molar refractivity (Wildman–Crippen MR) is 73.0 cm³/mol. The third-order valence-corrected chi connectivity index (χ3v) is 4.68. The van der Waals surface area contributed by atoms with E-state index in [1.165, 1.54) is 0 Å². The minimum Gasteiger partial charge on any atom is -0.461 e. The van der Waals surface area contributed by atoms with Crippen LogP contribution in [0.5, 0.6) is 0 Å². The van der Waals surface area contributed by atoms with Crippen molar-refractivity contribution in [3.8, 4) is 0 Å². The highest BCUT2D eigenvalue weighted by molar-refractivity contribution is 9.10. The van der Waals surface area contributed by atoms with Crippen LogP contribution in [0.2, 0.25) is 0 Å². The molecule has 3 rings (SSSR count). The number of furan rings is 1. The number of nitrogens with two attached hydrogens (primary N) is 1. The van der Waals surface area contributed by atoms with Crippen LogP contribution < -0.4 is 5.73 Å². The fourth-order valence-electron chi connectivity index (χ4n) is 2.65. The van der Waals surface area contributed by atoms with E-state index in [9.17, 15) is 0 Å². The zero-order valence-electron chi connectivity index (χ0n) is 10.0. The normalized spacial score (nSPS) is 27.1. The largest absolute Gasteiger partial charge is 0.461 e. The Morgan fingerprint density at radius 3 is 2.76 bits per heavy atom. The molecule has 17 heavy (non-hydrogen) atoms. The minimum atomic E-state index is 0.144. The molecule has 1 aliphatic carbocycles. The second kappa shape index (κ2) is 3.59. The number of halogens is 1. The highest BCUT2D eigenvalue weighted by Crippen LogP contribution is 2.52. The van der Waals surface area contributed by atoms with Crippen LogP contribution in [0.4, 0.5) is 0 Å². The van der Waals surface area contributed by atoms with Crippen molar-refractivity contribution in [3.63, 3.8) is 0 Å². The summed E-state index contributed by atoms with van der Waals surface area (Å²) in [7, 11) is 0. The SMILES string of the molecule is CC1(C)C(N)CC1c1cc2cc(Br)ccc2o1. The molecule has 0 spiro atoms. The summed E-state index contributed by atoms with van der Waals surface area (Å²) < 4.78 is 7.02. The van der Waals surface area contributed by atoms with Crippen LogP contribution in [-0.2, 0) is 0 Å². The Morgan fingerprint density at radius 2 is 2.12 bits per heavy atom. The van der Waals surface area contributed by atoms with E-state index in [-0.39, 0.29) is 11.5 Å². The summed E-state index contributed by atoms with van der Waals surface area (Å²) in [5.41, 5.74) is 7.15. The van der Waals surface area contributed by atoms with Gasteiger partial charge in [0.05, 0.1) is 0 Å². The molecule has 0 bridgehead atoms. The Balaban J connectivity index is 2.02. The van der Waals surface area contributed by atoms with Gasteiger partial charge in [0.2, 0.25) is 0 Å². The molecule has 2 N–H and O–H groups in total. The molecule has 1 heterocycles. The van der Waals surface area contributed by atoms with Gasteiger partial charge in [-0.2, -0.15) is 0 Å². The number of benzene rings is 1. The molecule has 1 aromatic carbocycles. The van der Waals surface area contributed by atoms with Gasteiger partial charge < -0.3 is 10.2 Å². The Bertz CT molecular complexity index is 573. The molecule has 0 amide bonds. The molecule has 3 heteroatoms. The highest BCUT2D eigenvalue weighted by Gasteiger charge is 2.48. The lowest BCUT2D eigenvalue weighted by Crippen LogP contribution is -2.52. The first-order valence-electron chi connectivity index (χ1n) is 5.93. The molecule has 90 valence electrons. The molecule has 1 saturated carbocycles. The fourth-order valence-corrected chi connectivity index (χ4v) is 3.03. The lowest BCUT2D eigenvalue weighted by Gasteiger charge is -2.49. The van der Waals surface area contributed by atoms with Gasteiger partial charge in [0.1, 0.15) is 11.3 Å². The van der Waals surface area contributed by atoms with E-state index in [4.69, 9.17) is 10.2 Å². The van der Waals surface area contributed by atoms with E-state index in [0.29, 0.717) is 5.92 Å². The standard InChI is InChI=1S/C14H16BrNO/c1-14(2)10(7-13(14)16)12-6-8-5-9(15)3-4-11(8)17-12/h3-6,10,13H,7,16H2,1-2H3. The Kier molecular flexibility index (Phi) is 2.39. The smallest absolute Gasteiger partial charge is 0.134 e. The van der Waals surface area contributed by atoms with Crippen LogP contribution in [0.3, 0.4) is 0 Å². The number of hydrogen-bond acceptors (Lipinski definition) is 2. The van der Waals surface area contributed by atoms with Gasteiger partial charge in [0, 0.05) is 21.8 Å². The summed E-state index contributed by atoms with van der Waals surface area (Å²) in [6, 6.07) is 8.54. The molecule has 0 aliphatic heterocycles. The highest BCUT2D eigenvalue weighted by atomic mass is 79.9. The van der Waals surface area contributed by atoms with Crippen molar-refractivity contribution in [2.75, 3.05) is 0 Å². The van der Waals surface area contributed by atoms with Crippen molar-refractivity contribution >= 4 is 26.9 Å². The molecular weight excluding hydrogens is 278 g/mol. The maximum absolute atomic E-state index is 6.05. The molecular formula is C14H16BrNO. The van der Waals surface area contributed by atoms with Gasteiger partial charge in [-0.15, -0.1) is 0 Å². The van der Waals surface area contributed by atoms with Crippen LogP contribution in [-0.4, -0.2) is 6.04 Å². The molecule has 1 aliphatic rings. The fraction of sp³-hybridized carbons (Fsp3) is 0.429. The van der Waals surface area contributed by atoms with E-state index in [2.05, 4.69) is 41.9 Å². The first-order valence-corrected chi connectivity index (χ1v) is 6.72. The molecule has 1 fully saturated rings. The van der Waals surface area contributed by atoms with E-state index >= 15 is 0 Å². The van der Waals surface area contributed by atoms with Gasteiger partial charge >= 0.3 is 0 Å².